The summed E-state index contributed by atoms with van der Waals surface area (Å²) in [5.74, 6) is 2.18. The van der Waals surface area contributed by atoms with Gasteiger partial charge < -0.3 is 9.47 Å². The fourth-order valence-corrected chi connectivity index (χ4v) is 1.12. The molecule has 2 heteroatoms. The zero-order valence-electron chi connectivity index (χ0n) is 8.04. The van der Waals surface area contributed by atoms with E-state index in [1.54, 1.807) is 0 Å². The summed E-state index contributed by atoms with van der Waals surface area (Å²) in [5, 5.41) is 0. The van der Waals surface area contributed by atoms with Crippen molar-refractivity contribution >= 4 is 0 Å². The molecule has 1 saturated heterocycles. The first-order valence-electron chi connectivity index (χ1n) is 4.72. The van der Waals surface area contributed by atoms with Crippen molar-refractivity contribution in [1.29, 1.82) is 0 Å². The Morgan fingerprint density at radius 3 is 2.62 bits per heavy atom. The Balaban J connectivity index is 0.000000137. The van der Waals surface area contributed by atoms with Gasteiger partial charge in [0.25, 0.3) is 0 Å². The molecule has 70 valence electrons. The number of epoxide rings is 1. The maximum Gasteiger partial charge on any atom is 0.173 e. The monoisotopic (exact) mass is 178 g/mol. The van der Waals surface area contributed by atoms with Gasteiger partial charge in [0, 0.05) is 0 Å². The lowest BCUT2D eigenvalue weighted by Crippen LogP contribution is -1.70. The summed E-state index contributed by atoms with van der Waals surface area (Å²) in [4.78, 5) is 0. The van der Waals surface area contributed by atoms with E-state index in [0.717, 1.165) is 24.5 Å². The third-order valence-electron chi connectivity index (χ3n) is 2.11. The van der Waals surface area contributed by atoms with Crippen LogP contribution in [0.4, 0.5) is 0 Å². The number of para-hydroxylation sites is 1. The van der Waals surface area contributed by atoms with Crippen molar-refractivity contribution in [1.82, 2.24) is 0 Å². The highest BCUT2D eigenvalue weighted by molar-refractivity contribution is 5.59. The highest BCUT2D eigenvalue weighted by Gasteiger charge is 2.21. The van der Waals surface area contributed by atoms with E-state index in [0.29, 0.717) is 6.10 Å². The zero-order chi connectivity index (χ0) is 9.26. The van der Waals surface area contributed by atoms with Crippen molar-refractivity contribution in [3.8, 4) is 11.5 Å². The lowest BCUT2D eigenvalue weighted by molar-refractivity contribution is 0.423. The summed E-state index contributed by atoms with van der Waals surface area (Å²) < 4.78 is 9.87. The molecule has 1 aromatic rings. The van der Waals surface area contributed by atoms with Gasteiger partial charge in [-0.3, -0.25) is 0 Å². The van der Waals surface area contributed by atoms with Gasteiger partial charge in [-0.2, -0.15) is 0 Å². The Bertz CT molecular complexity index is 303. The van der Waals surface area contributed by atoms with Gasteiger partial charge in [0.05, 0.1) is 12.7 Å². The molecule has 0 amide bonds. The van der Waals surface area contributed by atoms with Crippen LogP contribution in [0.2, 0.25) is 0 Å². The Hall–Kier alpha value is -1.02. The first-order valence-corrected chi connectivity index (χ1v) is 4.72. The summed E-state index contributed by atoms with van der Waals surface area (Å²) in [5.41, 5.74) is 1.33. The van der Waals surface area contributed by atoms with Crippen LogP contribution in [-0.4, -0.2) is 12.7 Å². The van der Waals surface area contributed by atoms with E-state index >= 15 is 0 Å². The molecule has 2 aliphatic rings. The van der Waals surface area contributed by atoms with Crippen LogP contribution in [0.5, 0.6) is 11.5 Å². The molecule has 0 radical (unpaired) electrons. The number of aryl methyl sites for hydroxylation is 1. The highest BCUT2D eigenvalue weighted by atomic mass is 16.6. The molecule has 0 spiro atoms. The molecule has 1 fully saturated rings. The maximum atomic E-state index is 5.16. The predicted molar refractivity (Wildman–Crippen MR) is 51.3 cm³/mol. The molecule has 13 heavy (non-hydrogen) atoms. The topological polar surface area (TPSA) is 25.1 Å². The van der Waals surface area contributed by atoms with Crippen molar-refractivity contribution in [3.05, 3.63) is 23.8 Å². The van der Waals surface area contributed by atoms with E-state index in [2.05, 4.69) is 19.9 Å². The van der Waals surface area contributed by atoms with E-state index in [1.165, 1.54) is 5.56 Å². The van der Waals surface area contributed by atoms with Gasteiger partial charge in [-0.1, -0.05) is 19.1 Å². The van der Waals surface area contributed by atoms with Crippen LogP contribution < -0.4 is 4.74 Å². The maximum absolute atomic E-state index is 5.16. The lowest BCUT2D eigenvalue weighted by Gasteiger charge is -1.85. The van der Waals surface area contributed by atoms with Crippen LogP contribution in [0, 0.1) is 0 Å². The number of hydrogen-bond donors (Lipinski definition) is 0. The third-order valence-corrected chi connectivity index (χ3v) is 2.11. The van der Waals surface area contributed by atoms with Gasteiger partial charge in [-0.15, -0.1) is 0 Å². The van der Waals surface area contributed by atoms with Crippen LogP contribution in [0.1, 0.15) is 19.4 Å². The summed E-state index contributed by atoms with van der Waals surface area (Å²) in [7, 11) is 0. The van der Waals surface area contributed by atoms with Crippen molar-refractivity contribution in [3.63, 3.8) is 0 Å². The van der Waals surface area contributed by atoms with Crippen LogP contribution in [0.15, 0.2) is 18.2 Å². The number of rotatable bonds is 1. The van der Waals surface area contributed by atoms with Crippen molar-refractivity contribution in [2.75, 3.05) is 6.61 Å². The number of fused-ring (bicyclic) bond motifs is 1. The van der Waals surface area contributed by atoms with Gasteiger partial charge in [0.1, 0.15) is 0 Å². The molecule has 1 atom stereocenters. The number of benzene rings is 1. The SMILES string of the molecule is CC1CO1.CCc1cccc2c1O2. The van der Waals surface area contributed by atoms with Crippen molar-refractivity contribution in [2.24, 2.45) is 0 Å². The molecular formula is C11H14O2. The second kappa shape index (κ2) is 3.38. The van der Waals surface area contributed by atoms with Gasteiger partial charge in [-0.25, -0.2) is 0 Å². The van der Waals surface area contributed by atoms with E-state index in [-0.39, 0.29) is 0 Å². The van der Waals surface area contributed by atoms with Crippen LogP contribution in [-0.2, 0) is 11.2 Å². The average molecular weight is 178 g/mol. The highest BCUT2D eigenvalue weighted by Crippen LogP contribution is 2.47. The van der Waals surface area contributed by atoms with Crippen molar-refractivity contribution < 1.29 is 9.47 Å². The Labute approximate surface area is 78.5 Å². The molecule has 1 unspecified atom stereocenters. The normalized spacial score (nSPS) is 20.6. The standard InChI is InChI=1S/C8H8O.C3H6O/c1-2-6-4-3-5-7-8(6)9-7;1-3-2-4-3/h3-5H,2H2,1H3;3H,2H2,1H3. The van der Waals surface area contributed by atoms with E-state index in [9.17, 15) is 0 Å². The molecule has 0 N–H and O–H groups in total. The predicted octanol–water partition coefficient (Wildman–Crippen LogP) is 2.76. The summed E-state index contributed by atoms with van der Waals surface area (Å²) in [6.45, 7) is 5.18. The third kappa shape index (κ3) is 2.22. The quantitative estimate of drug-likeness (QED) is 0.627. The molecule has 2 aliphatic heterocycles. The number of ether oxygens (including phenoxy) is 2. The van der Waals surface area contributed by atoms with E-state index < -0.39 is 0 Å². The Morgan fingerprint density at radius 1 is 1.46 bits per heavy atom. The minimum Gasteiger partial charge on any atom is -0.449 e. The smallest absolute Gasteiger partial charge is 0.173 e. The lowest BCUT2D eigenvalue weighted by atomic mass is 10.2. The molecule has 2 heterocycles. The fraction of sp³-hybridized carbons (Fsp3) is 0.455. The van der Waals surface area contributed by atoms with E-state index in [4.69, 9.17) is 9.47 Å². The minimum absolute atomic E-state index is 0.583. The fourth-order valence-electron chi connectivity index (χ4n) is 1.12. The number of hydrogen-bond acceptors (Lipinski definition) is 2. The van der Waals surface area contributed by atoms with E-state index in [1.807, 2.05) is 12.1 Å². The first-order chi connectivity index (χ1) is 6.31. The molecule has 0 bridgehead atoms. The summed E-state index contributed by atoms with van der Waals surface area (Å²) in [6, 6.07) is 6.13. The van der Waals surface area contributed by atoms with Gasteiger partial charge in [0.2, 0.25) is 0 Å². The molecule has 0 aromatic heterocycles. The summed E-state index contributed by atoms with van der Waals surface area (Å²) >= 11 is 0. The zero-order valence-corrected chi connectivity index (χ0v) is 8.04. The van der Waals surface area contributed by atoms with Crippen LogP contribution in [0.3, 0.4) is 0 Å². The second-order valence-electron chi connectivity index (χ2n) is 3.34. The molecule has 0 aliphatic carbocycles. The minimum atomic E-state index is 0.583. The molecule has 1 aromatic carbocycles. The molecule has 2 nitrogen and oxygen atoms in total. The molecular weight excluding hydrogens is 164 g/mol. The molecule has 0 saturated carbocycles. The van der Waals surface area contributed by atoms with Gasteiger partial charge in [0.15, 0.2) is 11.5 Å². The first kappa shape index (κ1) is 8.57. The van der Waals surface area contributed by atoms with Gasteiger partial charge >= 0.3 is 0 Å². The Morgan fingerprint density at radius 2 is 2.15 bits per heavy atom. The average Bonchev–Trinajstić information content (AvgIpc) is 2.99. The van der Waals surface area contributed by atoms with Crippen LogP contribution >= 0.6 is 0 Å². The largest absolute Gasteiger partial charge is 0.449 e. The molecule has 3 rings (SSSR count). The van der Waals surface area contributed by atoms with Gasteiger partial charge in [-0.05, 0) is 25.0 Å². The van der Waals surface area contributed by atoms with Crippen LogP contribution in [0.25, 0.3) is 0 Å². The Kier molecular flexibility index (Phi) is 2.23. The second-order valence-corrected chi connectivity index (χ2v) is 3.34. The summed E-state index contributed by atoms with van der Waals surface area (Å²) in [6.07, 6.45) is 1.66. The van der Waals surface area contributed by atoms with Crippen molar-refractivity contribution in [2.45, 2.75) is 26.4 Å².